The fraction of sp³-hybridized carbons (Fsp3) is 0.625. The number of carboxylic acids is 2. The van der Waals surface area contributed by atoms with Gasteiger partial charge in [-0.3, -0.25) is 19.3 Å². The van der Waals surface area contributed by atoms with Gasteiger partial charge in [0.05, 0.1) is 0 Å². The average Bonchev–Trinajstić information content (AvgIpc) is 2.65. The van der Waals surface area contributed by atoms with Gasteiger partial charge in [0.15, 0.2) is 0 Å². The van der Waals surface area contributed by atoms with E-state index in [0.29, 0.717) is 17.1 Å². The zero-order valence-electron chi connectivity index (χ0n) is 15.5. The van der Waals surface area contributed by atoms with Gasteiger partial charge in [-0.1, -0.05) is 0 Å². The first-order valence-corrected chi connectivity index (χ1v) is 10.9. The molecule has 2 aliphatic rings. The highest BCUT2D eigenvalue weighted by Gasteiger charge is 2.66. The Bertz CT molecular complexity index is 714. The number of β-lactam (4-membered cyclic amide) rings is 1. The van der Waals surface area contributed by atoms with Crippen LogP contribution in [0.1, 0.15) is 19.3 Å². The van der Waals surface area contributed by atoms with Crippen LogP contribution in [0.4, 0.5) is 0 Å². The van der Waals surface area contributed by atoms with Crippen LogP contribution in [0.15, 0.2) is 11.3 Å². The van der Waals surface area contributed by atoms with Crippen molar-refractivity contribution < 1.29 is 34.1 Å². The van der Waals surface area contributed by atoms with Gasteiger partial charge in [-0.25, -0.2) is 4.79 Å². The van der Waals surface area contributed by atoms with Gasteiger partial charge in [0, 0.05) is 25.0 Å². The largest absolute Gasteiger partial charge is 0.480 e. The third-order valence-electron chi connectivity index (χ3n) is 4.51. The van der Waals surface area contributed by atoms with Crippen molar-refractivity contribution >= 4 is 47.3 Å². The van der Waals surface area contributed by atoms with Gasteiger partial charge >= 0.3 is 11.9 Å². The Morgan fingerprint density at radius 3 is 2.68 bits per heavy atom. The maximum Gasteiger partial charge on any atom is 0.352 e. The van der Waals surface area contributed by atoms with Crippen molar-refractivity contribution in [2.45, 2.75) is 36.4 Å². The monoisotopic (exact) mass is 433 g/mol. The highest BCUT2D eigenvalue weighted by Crippen LogP contribution is 2.46. The number of rotatable bonds is 10. The van der Waals surface area contributed by atoms with Crippen molar-refractivity contribution in [1.29, 1.82) is 0 Å². The fourth-order valence-electron chi connectivity index (χ4n) is 3.10. The lowest BCUT2D eigenvalue weighted by atomic mass is 9.98. The van der Waals surface area contributed by atoms with Crippen LogP contribution in [-0.4, -0.2) is 80.9 Å². The highest BCUT2D eigenvalue weighted by atomic mass is 32.2. The number of nitrogens with zero attached hydrogens (tertiary/aromatic N) is 1. The van der Waals surface area contributed by atoms with E-state index < -0.39 is 40.9 Å². The number of carbonyl (C=O) groups excluding carboxylic acids is 2. The molecule has 0 aromatic carbocycles. The van der Waals surface area contributed by atoms with Crippen molar-refractivity contribution in [3.63, 3.8) is 0 Å². The summed E-state index contributed by atoms with van der Waals surface area (Å²) in [5.41, 5.74) is 4.35. The molecular weight excluding hydrogens is 410 g/mol. The van der Waals surface area contributed by atoms with Crippen LogP contribution in [0.25, 0.3) is 0 Å². The molecule has 2 heterocycles. The third-order valence-corrected chi connectivity index (χ3v) is 6.53. The van der Waals surface area contributed by atoms with E-state index in [1.807, 2.05) is 6.26 Å². The lowest BCUT2D eigenvalue weighted by Crippen LogP contribution is -2.80. The standard InChI is InChI=1S/C16H23N3O7S2/c1-26-16(18-10(20)5-3-4-9(17)12(21)22)14(25)19-11(13(23)24)8(6-27-2)7-28-15(16)19/h9,15H,3-7,17H2,1-2H3,(H,18,20)(H,21,22)(H,23,24)/t9?,15-,16-/m0/s1. The number of hydrogen-bond donors (Lipinski definition) is 4. The zero-order valence-corrected chi connectivity index (χ0v) is 17.1. The molecule has 0 spiro atoms. The molecule has 2 rings (SSSR count). The molecule has 12 heteroatoms. The molecule has 156 valence electrons. The Balaban J connectivity index is 2.09. The van der Waals surface area contributed by atoms with E-state index in [0.717, 1.165) is 4.90 Å². The Morgan fingerprint density at radius 1 is 1.46 bits per heavy atom. The molecule has 0 bridgehead atoms. The third kappa shape index (κ3) is 4.14. The summed E-state index contributed by atoms with van der Waals surface area (Å²) in [6.07, 6.45) is 2.16. The molecule has 5 N–H and O–H groups in total. The number of thioether (sulfide) groups is 2. The molecule has 1 saturated heterocycles. The SMILES string of the molecule is CO[C@@]1(NC(=O)CCCC(N)C(=O)O)C(=O)N2C(C(=O)O)=C(CSC)CS[C@H]21. The molecule has 2 amide bonds. The lowest BCUT2D eigenvalue weighted by Gasteiger charge is -2.55. The lowest BCUT2D eigenvalue weighted by molar-refractivity contribution is -0.192. The minimum absolute atomic E-state index is 0.0316. The quantitative estimate of drug-likeness (QED) is 0.265. The molecule has 28 heavy (non-hydrogen) atoms. The molecule has 3 atom stereocenters. The Morgan fingerprint density at radius 2 is 2.14 bits per heavy atom. The zero-order chi connectivity index (χ0) is 21.1. The second kappa shape index (κ2) is 9.16. The van der Waals surface area contributed by atoms with Crippen molar-refractivity contribution in [3.8, 4) is 0 Å². The molecule has 0 aliphatic carbocycles. The van der Waals surface area contributed by atoms with Crippen LogP contribution < -0.4 is 11.1 Å². The fourth-order valence-corrected chi connectivity index (χ4v) is 5.26. The predicted octanol–water partition coefficient (Wildman–Crippen LogP) is -0.356. The number of aliphatic carboxylic acids is 2. The summed E-state index contributed by atoms with van der Waals surface area (Å²) in [5.74, 6) is -2.58. The van der Waals surface area contributed by atoms with E-state index in [9.17, 15) is 24.3 Å². The van der Waals surface area contributed by atoms with E-state index in [4.69, 9.17) is 15.6 Å². The molecule has 2 aliphatic heterocycles. The number of carboxylic acid groups (broad SMARTS) is 2. The maximum absolute atomic E-state index is 12.8. The average molecular weight is 434 g/mol. The molecule has 1 fully saturated rings. The predicted molar refractivity (Wildman–Crippen MR) is 103 cm³/mol. The van der Waals surface area contributed by atoms with E-state index in [2.05, 4.69) is 5.32 Å². The molecule has 1 unspecified atom stereocenters. The smallest absolute Gasteiger partial charge is 0.352 e. The summed E-state index contributed by atoms with van der Waals surface area (Å²) in [7, 11) is 1.28. The summed E-state index contributed by atoms with van der Waals surface area (Å²) in [4.78, 5) is 48.6. The highest BCUT2D eigenvalue weighted by molar-refractivity contribution is 8.00. The number of nitrogens with one attached hydrogen (secondary N) is 1. The normalized spacial score (nSPS) is 25.0. The van der Waals surface area contributed by atoms with Gasteiger partial charge in [-0.15, -0.1) is 11.8 Å². The summed E-state index contributed by atoms with van der Waals surface area (Å²) in [5, 5.41) is 20.2. The number of amides is 2. The van der Waals surface area contributed by atoms with Crippen molar-refractivity contribution in [3.05, 3.63) is 11.3 Å². The molecule has 10 nitrogen and oxygen atoms in total. The van der Waals surface area contributed by atoms with E-state index in [-0.39, 0.29) is 25.0 Å². The number of carbonyl (C=O) groups is 4. The first kappa shape index (κ1) is 22.5. The van der Waals surface area contributed by atoms with Crippen LogP contribution in [0, 0.1) is 0 Å². The van der Waals surface area contributed by atoms with Crippen molar-refractivity contribution in [2.24, 2.45) is 5.73 Å². The second-order valence-electron chi connectivity index (χ2n) is 6.35. The minimum Gasteiger partial charge on any atom is -0.480 e. The van der Waals surface area contributed by atoms with Gasteiger partial charge in [0.2, 0.25) is 5.91 Å². The maximum atomic E-state index is 12.8. The Labute approximate surface area is 170 Å². The first-order chi connectivity index (χ1) is 13.2. The van der Waals surface area contributed by atoms with Crippen LogP contribution >= 0.6 is 23.5 Å². The van der Waals surface area contributed by atoms with Crippen molar-refractivity contribution in [2.75, 3.05) is 24.9 Å². The van der Waals surface area contributed by atoms with Gasteiger partial charge in [0.25, 0.3) is 11.6 Å². The minimum atomic E-state index is -1.64. The number of methoxy groups -OCH3 is 1. The van der Waals surface area contributed by atoms with Gasteiger partial charge in [0.1, 0.15) is 17.1 Å². The summed E-state index contributed by atoms with van der Waals surface area (Å²) >= 11 is 2.79. The Hall–Kier alpha value is -1.76. The first-order valence-electron chi connectivity index (χ1n) is 8.43. The van der Waals surface area contributed by atoms with Gasteiger partial charge in [-0.05, 0) is 24.7 Å². The molecule has 0 saturated carbocycles. The number of hydrogen-bond acceptors (Lipinski definition) is 8. The topological polar surface area (TPSA) is 159 Å². The summed E-state index contributed by atoms with van der Waals surface area (Å²) in [6.45, 7) is 0. The van der Waals surface area contributed by atoms with E-state index in [1.54, 1.807) is 0 Å². The summed E-state index contributed by atoms with van der Waals surface area (Å²) < 4.78 is 5.33. The van der Waals surface area contributed by atoms with Crippen LogP contribution in [0.3, 0.4) is 0 Å². The summed E-state index contributed by atoms with van der Waals surface area (Å²) in [6, 6.07) is -1.06. The van der Waals surface area contributed by atoms with Gasteiger partial charge < -0.3 is 26.0 Å². The molecule has 0 aromatic rings. The second-order valence-corrected chi connectivity index (χ2v) is 8.29. The van der Waals surface area contributed by atoms with Crippen molar-refractivity contribution in [1.82, 2.24) is 10.2 Å². The number of nitrogens with two attached hydrogens (primary N) is 1. The molecular formula is C16H23N3O7S2. The molecule has 0 aromatic heterocycles. The van der Waals surface area contributed by atoms with E-state index >= 15 is 0 Å². The Kier molecular flexibility index (Phi) is 7.37. The van der Waals surface area contributed by atoms with E-state index in [1.165, 1.54) is 30.6 Å². The molecule has 0 radical (unpaired) electrons. The number of ether oxygens (including phenoxy) is 1. The van der Waals surface area contributed by atoms with Crippen LogP contribution in [-0.2, 0) is 23.9 Å². The van der Waals surface area contributed by atoms with Crippen LogP contribution in [0.5, 0.6) is 0 Å². The number of fused-ring (bicyclic) bond motifs is 1. The van der Waals surface area contributed by atoms with Crippen LogP contribution in [0.2, 0.25) is 0 Å². The van der Waals surface area contributed by atoms with Gasteiger partial charge in [-0.2, -0.15) is 11.8 Å².